The van der Waals surface area contributed by atoms with Gasteiger partial charge in [0.05, 0.1) is 18.0 Å². The number of amides is 1. The van der Waals surface area contributed by atoms with Crippen molar-refractivity contribution >= 4 is 21.6 Å². The molecule has 0 unspecified atom stereocenters. The van der Waals surface area contributed by atoms with E-state index in [1.807, 2.05) is 70.2 Å². The topological polar surface area (TPSA) is 66.5 Å². The lowest BCUT2D eigenvalue weighted by molar-refractivity contribution is -0.123. The zero-order valence-corrected chi connectivity index (χ0v) is 18.1. The van der Waals surface area contributed by atoms with Gasteiger partial charge in [-0.2, -0.15) is 0 Å². The van der Waals surface area contributed by atoms with E-state index in [4.69, 9.17) is 0 Å². The van der Waals surface area contributed by atoms with E-state index >= 15 is 0 Å². The van der Waals surface area contributed by atoms with Gasteiger partial charge in [-0.05, 0) is 55.5 Å². The van der Waals surface area contributed by atoms with E-state index in [-0.39, 0.29) is 11.9 Å². The molecule has 0 aliphatic carbocycles. The van der Waals surface area contributed by atoms with E-state index in [2.05, 4.69) is 5.32 Å². The second-order valence-corrected chi connectivity index (χ2v) is 8.99. The average Bonchev–Trinajstić information content (AvgIpc) is 2.66. The number of anilines is 1. The van der Waals surface area contributed by atoms with E-state index in [9.17, 15) is 13.2 Å². The van der Waals surface area contributed by atoms with Gasteiger partial charge in [-0.15, -0.1) is 0 Å². The van der Waals surface area contributed by atoms with Crippen molar-refractivity contribution in [2.45, 2.75) is 52.6 Å². The molecule has 1 N–H and O–H groups in total. The van der Waals surface area contributed by atoms with Crippen molar-refractivity contribution in [2.24, 2.45) is 0 Å². The molecule has 2 aromatic rings. The Morgan fingerprint density at radius 3 is 2.14 bits per heavy atom. The molecule has 0 bridgehead atoms. The molecule has 152 valence electrons. The normalized spacial score (nSPS) is 13.6. The van der Waals surface area contributed by atoms with Crippen molar-refractivity contribution in [2.75, 3.05) is 10.6 Å². The molecular weight excluding hydrogens is 372 g/mol. The van der Waals surface area contributed by atoms with Crippen molar-refractivity contribution in [3.05, 3.63) is 65.2 Å². The van der Waals surface area contributed by atoms with Crippen LogP contribution in [-0.2, 0) is 14.8 Å². The van der Waals surface area contributed by atoms with Crippen LogP contribution in [0.2, 0.25) is 0 Å². The zero-order chi connectivity index (χ0) is 20.9. The molecule has 0 saturated carbocycles. The Kier molecular flexibility index (Phi) is 7.24. The molecule has 28 heavy (non-hydrogen) atoms. The molecule has 2 atom stereocenters. The third kappa shape index (κ3) is 5.13. The van der Waals surface area contributed by atoms with Gasteiger partial charge in [0.25, 0.3) is 0 Å². The standard InChI is InChI=1S/C22H30N2O3S/c1-6-20(18-11-9-8-10-12-18)23-22(25)21(7-2)24(28(5,26)27)19-14-13-16(3)17(4)15-19/h8-15,20-21H,6-7H2,1-5H3,(H,23,25)/t20-,21+/m1/s1. The van der Waals surface area contributed by atoms with Crippen LogP contribution in [0.4, 0.5) is 5.69 Å². The SMILES string of the molecule is CC[C@@H](NC(=O)[C@H](CC)N(c1ccc(C)c(C)c1)S(C)(=O)=O)c1ccccc1. The van der Waals surface area contributed by atoms with Gasteiger partial charge in [0.1, 0.15) is 6.04 Å². The number of aryl methyl sites for hydroxylation is 2. The minimum absolute atomic E-state index is 0.163. The summed E-state index contributed by atoms with van der Waals surface area (Å²) in [7, 11) is -3.64. The maximum absolute atomic E-state index is 13.1. The summed E-state index contributed by atoms with van der Waals surface area (Å²) in [5.74, 6) is -0.290. The lowest BCUT2D eigenvalue weighted by Gasteiger charge is -2.31. The van der Waals surface area contributed by atoms with E-state index in [1.165, 1.54) is 4.31 Å². The van der Waals surface area contributed by atoms with Gasteiger partial charge in [-0.25, -0.2) is 8.42 Å². The van der Waals surface area contributed by atoms with Crippen LogP contribution in [0.15, 0.2) is 48.5 Å². The van der Waals surface area contributed by atoms with Crippen LogP contribution in [0.3, 0.4) is 0 Å². The Hall–Kier alpha value is -2.34. The van der Waals surface area contributed by atoms with Crippen LogP contribution >= 0.6 is 0 Å². The Balaban J connectivity index is 2.37. The number of hydrogen-bond acceptors (Lipinski definition) is 3. The highest BCUT2D eigenvalue weighted by atomic mass is 32.2. The number of carbonyl (C=O) groups is 1. The van der Waals surface area contributed by atoms with Crippen LogP contribution in [0.5, 0.6) is 0 Å². The first kappa shape index (κ1) is 22.0. The molecule has 6 heteroatoms. The number of hydrogen-bond donors (Lipinski definition) is 1. The smallest absolute Gasteiger partial charge is 0.244 e. The van der Waals surface area contributed by atoms with Gasteiger partial charge in [-0.3, -0.25) is 9.10 Å². The van der Waals surface area contributed by atoms with Gasteiger partial charge in [0.2, 0.25) is 15.9 Å². The average molecular weight is 403 g/mol. The fourth-order valence-electron chi connectivity index (χ4n) is 3.30. The van der Waals surface area contributed by atoms with Crippen LogP contribution < -0.4 is 9.62 Å². The van der Waals surface area contributed by atoms with Crippen LogP contribution in [0.1, 0.15) is 49.4 Å². The Morgan fingerprint density at radius 2 is 1.64 bits per heavy atom. The molecule has 0 fully saturated rings. The highest BCUT2D eigenvalue weighted by Crippen LogP contribution is 2.26. The number of sulfonamides is 1. The summed E-state index contributed by atoms with van der Waals surface area (Å²) in [6.45, 7) is 7.73. The predicted molar refractivity (Wildman–Crippen MR) is 115 cm³/mol. The molecule has 0 aromatic heterocycles. The Labute approximate surface area is 168 Å². The lowest BCUT2D eigenvalue weighted by Crippen LogP contribution is -2.50. The molecule has 0 aliphatic heterocycles. The number of rotatable bonds is 8. The number of carbonyl (C=O) groups excluding carboxylic acids is 1. The molecule has 0 spiro atoms. The molecule has 0 heterocycles. The largest absolute Gasteiger partial charge is 0.347 e. The van der Waals surface area contributed by atoms with Gasteiger partial charge in [0, 0.05) is 0 Å². The van der Waals surface area contributed by atoms with Crippen molar-refractivity contribution in [1.82, 2.24) is 5.32 Å². The maximum atomic E-state index is 13.1. The minimum Gasteiger partial charge on any atom is -0.347 e. The van der Waals surface area contributed by atoms with Gasteiger partial charge >= 0.3 is 0 Å². The van der Waals surface area contributed by atoms with Gasteiger partial charge < -0.3 is 5.32 Å². The van der Waals surface area contributed by atoms with Crippen molar-refractivity contribution in [1.29, 1.82) is 0 Å². The predicted octanol–water partition coefficient (Wildman–Crippen LogP) is 4.12. The van der Waals surface area contributed by atoms with Gasteiger partial charge in [0.15, 0.2) is 0 Å². The summed E-state index contributed by atoms with van der Waals surface area (Å²) in [6.07, 6.45) is 2.23. The molecule has 0 radical (unpaired) electrons. The fourth-order valence-corrected chi connectivity index (χ4v) is 4.50. The number of nitrogens with one attached hydrogen (secondary N) is 1. The van der Waals surface area contributed by atoms with Crippen LogP contribution in [-0.4, -0.2) is 26.6 Å². The second-order valence-electron chi connectivity index (χ2n) is 7.13. The van der Waals surface area contributed by atoms with E-state index < -0.39 is 16.1 Å². The molecule has 2 aromatic carbocycles. The molecule has 1 amide bonds. The minimum atomic E-state index is -3.64. The number of benzene rings is 2. The van der Waals surface area contributed by atoms with Crippen molar-refractivity contribution in [3.8, 4) is 0 Å². The van der Waals surface area contributed by atoms with E-state index in [0.29, 0.717) is 18.5 Å². The first-order valence-electron chi connectivity index (χ1n) is 9.61. The Bertz CT molecular complexity index is 911. The third-order valence-corrected chi connectivity index (χ3v) is 6.18. The summed E-state index contributed by atoms with van der Waals surface area (Å²) in [4.78, 5) is 13.1. The quantitative estimate of drug-likeness (QED) is 0.722. The van der Waals surface area contributed by atoms with Gasteiger partial charge in [-0.1, -0.05) is 50.2 Å². The molecule has 5 nitrogen and oxygen atoms in total. The summed E-state index contributed by atoms with van der Waals surface area (Å²) in [6, 6.07) is 14.2. The van der Waals surface area contributed by atoms with E-state index in [1.54, 1.807) is 6.07 Å². The fraction of sp³-hybridized carbons (Fsp3) is 0.409. The lowest BCUT2D eigenvalue weighted by atomic mass is 10.0. The highest BCUT2D eigenvalue weighted by Gasteiger charge is 2.32. The molecule has 0 aliphatic rings. The summed E-state index contributed by atoms with van der Waals surface area (Å²) < 4.78 is 26.5. The summed E-state index contributed by atoms with van der Waals surface area (Å²) in [5.41, 5.74) is 3.58. The second kappa shape index (κ2) is 9.24. The van der Waals surface area contributed by atoms with Crippen molar-refractivity contribution < 1.29 is 13.2 Å². The first-order chi connectivity index (χ1) is 13.2. The van der Waals surface area contributed by atoms with Crippen LogP contribution in [0.25, 0.3) is 0 Å². The van der Waals surface area contributed by atoms with Crippen molar-refractivity contribution in [3.63, 3.8) is 0 Å². The zero-order valence-electron chi connectivity index (χ0n) is 17.3. The first-order valence-corrected chi connectivity index (χ1v) is 11.5. The Morgan fingerprint density at radius 1 is 1.00 bits per heavy atom. The highest BCUT2D eigenvalue weighted by molar-refractivity contribution is 7.92. The molecular formula is C22H30N2O3S. The molecule has 2 rings (SSSR count). The third-order valence-electron chi connectivity index (χ3n) is 5.00. The molecule has 0 saturated heterocycles. The summed E-state index contributed by atoms with van der Waals surface area (Å²) in [5, 5.41) is 3.04. The monoisotopic (exact) mass is 402 g/mol. The number of nitrogens with zero attached hydrogens (tertiary/aromatic N) is 1. The van der Waals surface area contributed by atoms with E-state index in [0.717, 1.165) is 22.9 Å². The maximum Gasteiger partial charge on any atom is 0.244 e. The summed E-state index contributed by atoms with van der Waals surface area (Å²) >= 11 is 0. The van der Waals surface area contributed by atoms with Crippen LogP contribution in [0, 0.1) is 13.8 Å².